The Balaban J connectivity index is 0.000000237. The number of fused-ring (bicyclic) bond motifs is 1. The highest BCUT2D eigenvalue weighted by atomic mass is 79.9. The van der Waals surface area contributed by atoms with Crippen LogP contribution >= 0.6 is 38.6 Å². The van der Waals surface area contributed by atoms with Gasteiger partial charge in [-0.2, -0.15) is 0 Å². The molecule has 0 aliphatic carbocycles. The van der Waals surface area contributed by atoms with Gasteiger partial charge >= 0.3 is 0 Å². The molecule has 6 rings (SSSR count). The minimum Gasteiger partial charge on any atom is -0.374 e. The van der Waals surface area contributed by atoms with E-state index < -0.39 is 10.0 Å². The zero-order valence-corrected chi connectivity index (χ0v) is 39.3. The van der Waals surface area contributed by atoms with Gasteiger partial charge in [0.2, 0.25) is 32.2 Å². The van der Waals surface area contributed by atoms with Crippen LogP contribution < -0.4 is 26.8 Å². The number of nitrogen functional groups attached to an aromatic ring is 1. The van der Waals surface area contributed by atoms with Crippen LogP contribution in [0.2, 0.25) is 0 Å². The number of benzene rings is 3. The minimum absolute atomic E-state index is 0.0245. The highest BCUT2D eigenvalue weighted by Gasteiger charge is 2.17. The summed E-state index contributed by atoms with van der Waals surface area (Å²) in [7, 11) is -3.83. The smallest absolute Gasteiger partial charge is 0.267 e. The Labute approximate surface area is 376 Å². The van der Waals surface area contributed by atoms with E-state index in [1.165, 1.54) is 43.5 Å². The third-order valence-electron chi connectivity index (χ3n) is 8.45. The van der Waals surface area contributed by atoms with Crippen molar-refractivity contribution in [2.45, 2.75) is 77.9 Å². The molecule has 0 aliphatic heterocycles. The molecule has 17 nitrogen and oxygen atoms in total. The standard InChI is InChI=1S/C14H15N5O3S2.C12H14BrNO2.C12H15NO2.C3H5N3S/c1-8(16-9(2)20)10-3-5-11(6-4-10)12-7-19-13(17-12)23-14(18-19)24(15,21)22;1-8(14-9(2)15)10-3-5-11(6-4-10)12(16)7-13;1-8(13-10(3)15)11-4-6-12(7-5-11)9(2)14;1-2-5-6-3(4)7-2/h3-8H,1-2H3,(H,16,20)(H2,15,21,22);3-6,8H,7H2,1-2H3,(H,14,15);4-8H,1-3H3,(H,13,15);1H3,(H2,4,6)/t3*8-;/m110./s1. The lowest BCUT2D eigenvalue weighted by Crippen LogP contribution is -2.23. The zero-order valence-electron chi connectivity index (χ0n) is 35.3. The Bertz CT molecular complexity index is 2530. The summed E-state index contributed by atoms with van der Waals surface area (Å²) >= 11 is 5.44. The number of rotatable bonds is 11. The molecule has 0 fully saturated rings. The number of alkyl halides is 1. The summed E-state index contributed by atoms with van der Waals surface area (Å²) in [6, 6.07) is 22.0. The van der Waals surface area contributed by atoms with E-state index in [2.05, 4.69) is 52.2 Å². The van der Waals surface area contributed by atoms with Crippen LogP contribution in [0, 0.1) is 6.92 Å². The van der Waals surface area contributed by atoms with Gasteiger partial charge in [-0.1, -0.05) is 111 Å². The first-order valence-corrected chi connectivity index (χ1v) is 23.0. The number of primary sulfonamides is 1. The molecule has 0 spiro atoms. The molecule has 0 unspecified atom stereocenters. The number of hydrogen-bond donors (Lipinski definition) is 5. The second-order valence-electron chi connectivity index (χ2n) is 13.7. The van der Waals surface area contributed by atoms with Crippen molar-refractivity contribution in [3.63, 3.8) is 0 Å². The number of halogens is 1. The van der Waals surface area contributed by atoms with Gasteiger partial charge < -0.3 is 21.7 Å². The third-order valence-corrected chi connectivity index (χ3v) is 11.9. The number of aryl methyl sites for hydroxylation is 1. The zero-order chi connectivity index (χ0) is 46.3. The average Bonchev–Trinajstić information content (AvgIpc) is 3.92. The summed E-state index contributed by atoms with van der Waals surface area (Å²) in [5.41, 5.74) is 11.1. The fourth-order valence-corrected chi connectivity index (χ4v) is 7.69. The predicted octanol–water partition coefficient (Wildman–Crippen LogP) is 6.28. The molecule has 3 aromatic heterocycles. The molecule has 62 heavy (non-hydrogen) atoms. The SMILES string of the molecule is CC(=O)N[C@@H](C)c1ccc(C(C)=O)cc1.CC(=O)N[C@H](C)c1ccc(-c2cn3nc(S(N)(=O)=O)sc3n2)cc1.CC(=O)N[C@H](C)c1ccc(C(=O)CBr)cc1.Cc1nnc(N)s1. The van der Waals surface area contributed by atoms with E-state index in [1.54, 1.807) is 30.5 Å². The Kier molecular flexibility index (Phi) is 19.2. The molecule has 6 aromatic rings. The van der Waals surface area contributed by atoms with Gasteiger partial charge in [-0.05, 0) is 51.3 Å². The van der Waals surface area contributed by atoms with Crippen molar-refractivity contribution < 1.29 is 32.4 Å². The van der Waals surface area contributed by atoms with E-state index in [-0.39, 0.29) is 51.8 Å². The average molecular weight is 970 g/mol. The molecule has 330 valence electrons. The van der Waals surface area contributed by atoms with Gasteiger partial charge in [-0.15, -0.1) is 15.3 Å². The summed E-state index contributed by atoms with van der Waals surface area (Å²) in [5, 5.41) is 26.4. The second kappa shape index (κ2) is 23.5. The fraction of sp³-hybridized carbons (Fsp3) is 0.293. The van der Waals surface area contributed by atoms with Gasteiger partial charge in [0.05, 0.1) is 35.3 Å². The lowest BCUT2D eigenvalue weighted by atomic mass is 10.0. The number of amides is 3. The van der Waals surface area contributed by atoms with Crippen molar-refractivity contribution in [2.24, 2.45) is 5.14 Å². The number of imidazole rings is 1. The predicted molar refractivity (Wildman–Crippen MR) is 244 cm³/mol. The van der Waals surface area contributed by atoms with E-state index in [4.69, 9.17) is 10.9 Å². The van der Waals surface area contributed by atoms with Crippen LogP contribution in [0.3, 0.4) is 0 Å². The Morgan fingerprint density at radius 2 is 1.15 bits per heavy atom. The molecule has 7 N–H and O–H groups in total. The van der Waals surface area contributed by atoms with Crippen molar-refractivity contribution >= 4 is 88.0 Å². The molecule has 21 heteroatoms. The summed E-state index contributed by atoms with van der Waals surface area (Å²) in [5.74, 6) is -0.101. The molecular formula is C41H49BrN10O7S3. The molecule has 3 amide bonds. The van der Waals surface area contributed by atoms with Gasteiger partial charge in [0.1, 0.15) is 5.01 Å². The van der Waals surface area contributed by atoms with Crippen LogP contribution in [0.4, 0.5) is 5.13 Å². The maximum absolute atomic E-state index is 11.4. The van der Waals surface area contributed by atoms with Crippen molar-refractivity contribution in [1.82, 2.24) is 40.7 Å². The molecular weight excluding hydrogens is 921 g/mol. The third kappa shape index (κ3) is 16.3. The van der Waals surface area contributed by atoms with Crippen LogP contribution in [0.25, 0.3) is 16.2 Å². The van der Waals surface area contributed by atoms with E-state index in [0.29, 0.717) is 32.2 Å². The summed E-state index contributed by atoms with van der Waals surface area (Å²) in [6.07, 6.45) is 1.65. The largest absolute Gasteiger partial charge is 0.374 e. The quantitative estimate of drug-likeness (QED) is 0.0710. The normalized spacial score (nSPS) is 12.1. The number of nitrogens with two attached hydrogens (primary N) is 2. The van der Waals surface area contributed by atoms with Gasteiger partial charge in [-0.3, -0.25) is 24.0 Å². The van der Waals surface area contributed by atoms with Crippen molar-refractivity contribution in [2.75, 3.05) is 11.1 Å². The summed E-state index contributed by atoms with van der Waals surface area (Å²) in [6.45, 7) is 13.6. The summed E-state index contributed by atoms with van der Waals surface area (Å²) < 4.78 is 23.8. The number of Topliss-reactive ketones (excluding diaryl/α,β-unsaturated/α-hetero) is 2. The van der Waals surface area contributed by atoms with Gasteiger partial charge in [0.15, 0.2) is 11.6 Å². The Morgan fingerprint density at radius 1 is 0.710 bits per heavy atom. The van der Waals surface area contributed by atoms with Crippen molar-refractivity contribution in [3.8, 4) is 11.3 Å². The second-order valence-corrected chi connectivity index (χ2v) is 18.1. The minimum atomic E-state index is -3.83. The van der Waals surface area contributed by atoms with Crippen LogP contribution in [0.15, 0.2) is 83.3 Å². The maximum Gasteiger partial charge on any atom is 0.267 e. The van der Waals surface area contributed by atoms with Crippen LogP contribution in [-0.2, 0) is 24.4 Å². The monoisotopic (exact) mass is 968 g/mol. The fourth-order valence-electron chi connectivity index (χ4n) is 5.40. The van der Waals surface area contributed by atoms with Gasteiger partial charge in [-0.25, -0.2) is 23.1 Å². The number of aromatic nitrogens is 5. The highest BCUT2D eigenvalue weighted by Crippen LogP contribution is 2.25. The van der Waals surface area contributed by atoms with Gasteiger partial charge in [0.25, 0.3) is 10.0 Å². The lowest BCUT2D eigenvalue weighted by molar-refractivity contribution is -0.120. The van der Waals surface area contributed by atoms with Crippen molar-refractivity contribution in [3.05, 3.63) is 112 Å². The molecule has 0 saturated carbocycles. The first-order chi connectivity index (χ1) is 29.1. The summed E-state index contributed by atoms with van der Waals surface area (Å²) in [4.78, 5) is 60.0. The molecule has 3 atom stereocenters. The molecule has 0 radical (unpaired) electrons. The lowest BCUT2D eigenvalue weighted by Gasteiger charge is -2.12. The number of anilines is 1. The van der Waals surface area contributed by atoms with E-state index >= 15 is 0 Å². The first-order valence-electron chi connectivity index (χ1n) is 18.7. The van der Waals surface area contributed by atoms with Gasteiger partial charge in [0, 0.05) is 37.5 Å². The van der Waals surface area contributed by atoms with Crippen LogP contribution in [0.1, 0.15) is 109 Å². The van der Waals surface area contributed by atoms with Crippen LogP contribution in [0.5, 0.6) is 0 Å². The number of nitrogens with zero attached hydrogens (tertiary/aromatic N) is 5. The van der Waals surface area contributed by atoms with E-state index in [9.17, 15) is 32.4 Å². The Morgan fingerprint density at radius 3 is 1.47 bits per heavy atom. The van der Waals surface area contributed by atoms with E-state index in [1.807, 2.05) is 76.2 Å². The first kappa shape index (κ1) is 50.6. The molecule has 0 saturated heterocycles. The number of carbonyl (C=O) groups excluding carboxylic acids is 5. The highest BCUT2D eigenvalue weighted by molar-refractivity contribution is 9.09. The van der Waals surface area contributed by atoms with Crippen LogP contribution in [-0.4, -0.2) is 67.8 Å². The Hall–Kier alpha value is -5.74. The molecule has 0 aliphatic rings. The number of ketones is 2. The number of carbonyl (C=O) groups is 5. The molecule has 0 bridgehead atoms. The van der Waals surface area contributed by atoms with E-state index in [0.717, 1.165) is 38.6 Å². The number of nitrogens with one attached hydrogen (secondary N) is 3. The molecule has 3 heterocycles. The van der Waals surface area contributed by atoms with Crippen molar-refractivity contribution in [1.29, 1.82) is 0 Å². The topological polar surface area (TPSA) is 264 Å². The maximum atomic E-state index is 11.4. The number of hydrogen-bond acceptors (Lipinski definition) is 14. The number of sulfonamides is 1. The molecule has 3 aromatic carbocycles.